The van der Waals surface area contributed by atoms with E-state index in [1.54, 1.807) is 0 Å². The van der Waals surface area contributed by atoms with Crippen molar-refractivity contribution in [2.45, 2.75) is 0 Å². The van der Waals surface area contributed by atoms with Gasteiger partial charge >= 0.3 is 0 Å². The lowest BCUT2D eigenvalue weighted by Crippen LogP contribution is -2.49. The largest absolute Gasteiger partial charge is 0.368 e. The monoisotopic (exact) mass is 316 g/mol. The van der Waals surface area contributed by atoms with Crippen LogP contribution in [0.1, 0.15) is 0 Å². The predicted octanol–water partition coefficient (Wildman–Crippen LogP) is 2.34. The molecule has 17 heavy (non-hydrogen) atoms. The summed E-state index contributed by atoms with van der Waals surface area (Å²) in [5.74, 6) is 0.109. The molecule has 0 radical (unpaired) electrons. The molecule has 0 aromatic heterocycles. The van der Waals surface area contributed by atoms with Gasteiger partial charge in [-0.25, -0.2) is 0 Å². The zero-order valence-electron chi connectivity index (χ0n) is 9.40. The van der Waals surface area contributed by atoms with E-state index in [-0.39, 0.29) is 11.8 Å². The molecule has 3 nitrogen and oxygen atoms in total. The molecule has 1 amide bonds. The third-order valence-corrected chi connectivity index (χ3v) is 3.64. The Morgan fingerprint density at radius 3 is 2.59 bits per heavy atom. The zero-order valence-corrected chi connectivity index (χ0v) is 11.7. The number of nitrogens with zero attached hydrogens (tertiary/aromatic N) is 2. The average molecular weight is 318 g/mol. The van der Waals surface area contributed by atoms with E-state index in [0.29, 0.717) is 0 Å². The van der Waals surface area contributed by atoms with Crippen molar-refractivity contribution in [3.63, 3.8) is 0 Å². The molecule has 92 valence electrons. The smallest absolute Gasteiger partial charge is 0.237 e. The Morgan fingerprint density at radius 2 is 2.00 bits per heavy atom. The molecule has 1 aromatic rings. The van der Waals surface area contributed by atoms with Gasteiger partial charge in [-0.05, 0) is 18.2 Å². The molecule has 1 fully saturated rings. The van der Waals surface area contributed by atoms with Gasteiger partial charge in [-0.2, -0.15) is 0 Å². The number of halogens is 2. The molecule has 1 saturated heterocycles. The summed E-state index contributed by atoms with van der Waals surface area (Å²) >= 11 is 9.01. The highest BCUT2D eigenvalue weighted by atomic mass is 79.9. The lowest BCUT2D eigenvalue weighted by atomic mass is 10.2. The first-order valence-electron chi connectivity index (χ1n) is 5.55. The van der Waals surface area contributed by atoms with Crippen LogP contribution in [0.2, 0.25) is 0 Å². The highest BCUT2D eigenvalue weighted by Crippen LogP contribution is 2.21. The van der Waals surface area contributed by atoms with E-state index < -0.39 is 0 Å². The number of alkyl halides is 1. The molecule has 0 bridgehead atoms. The Kier molecular flexibility index (Phi) is 4.29. The van der Waals surface area contributed by atoms with Crippen molar-refractivity contribution in [3.05, 3.63) is 28.7 Å². The fourth-order valence-corrected chi connectivity index (χ4v) is 2.53. The second kappa shape index (κ2) is 5.74. The summed E-state index contributed by atoms with van der Waals surface area (Å²) in [6.07, 6.45) is 0. The maximum absolute atomic E-state index is 11.4. The van der Waals surface area contributed by atoms with Crippen LogP contribution in [0.4, 0.5) is 5.69 Å². The van der Waals surface area contributed by atoms with Crippen LogP contribution in [-0.4, -0.2) is 42.9 Å². The van der Waals surface area contributed by atoms with E-state index in [0.717, 1.165) is 30.7 Å². The van der Waals surface area contributed by atoms with E-state index in [4.69, 9.17) is 11.6 Å². The summed E-state index contributed by atoms with van der Waals surface area (Å²) in [6.45, 7) is 3.22. The Hall–Kier alpha value is -0.740. The Morgan fingerprint density at radius 1 is 1.29 bits per heavy atom. The van der Waals surface area contributed by atoms with Crippen molar-refractivity contribution < 1.29 is 4.79 Å². The standard InChI is InChI=1S/C12H14BrClN2O/c13-10-2-1-3-11(8-10)15-4-6-16(7-5-15)12(17)9-14/h1-3,8H,4-7,9H2. The molecule has 5 heteroatoms. The molecular weight excluding hydrogens is 304 g/mol. The normalized spacial score (nSPS) is 16.1. The molecule has 1 aliphatic rings. The van der Waals surface area contributed by atoms with Gasteiger partial charge in [-0.1, -0.05) is 22.0 Å². The number of rotatable bonds is 2. The summed E-state index contributed by atoms with van der Waals surface area (Å²) in [6, 6.07) is 8.22. The van der Waals surface area contributed by atoms with Crippen LogP contribution in [0.3, 0.4) is 0 Å². The number of benzene rings is 1. The quantitative estimate of drug-likeness (QED) is 0.782. The second-order valence-electron chi connectivity index (χ2n) is 3.98. The van der Waals surface area contributed by atoms with Crippen molar-refractivity contribution in [2.24, 2.45) is 0 Å². The van der Waals surface area contributed by atoms with Crippen LogP contribution in [0.25, 0.3) is 0 Å². The SMILES string of the molecule is O=C(CCl)N1CCN(c2cccc(Br)c2)CC1. The summed E-state index contributed by atoms with van der Waals surface area (Å²) < 4.78 is 1.08. The summed E-state index contributed by atoms with van der Waals surface area (Å²) in [5.41, 5.74) is 1.19. The maximum atomic E-state index is 11.4. The molecule has 1 aliphatic heterocycles. The van der Waals surface area contributed by atoms with Gasteiger partial charge in [0.15, 0.2) is 0 Å². The van der Waals surface area contributed by atoms with E-state index >= 15 is 0 Å². The molecule has 0 unspecified atom stereocenters. The van der Waals surface area contributed by atoms with E-state index in [2.05, 4.69) is 33.0 Å². The van der Waals surface area contributed by atoms with Gasteiger partial charge in [-0.3, -0.25) is 4.79 Å². The summed E-state index contributed by atoms with van der Waals surface area (Å²) in [7, 11) is 0. The third kappa shape index (κ3) is 3.13. The highest BCUT2D eigenvalue weighted by Gasteiger charge is 2.20. The van der Waals surface area contributed by atoms with Gasteiger partial charge in [0.1, 0.15) is 5.88 Å². The number of amides is 1. The minimum Gasteiger partial charge on any atom is -0.368 e. The van der Waals surface area contributed by atoms with Crippen molar-refractivity contribution in [1.82, 2.24) is 4.90 Å². The van der Waals surface area contributed by atoms with Crippen LogP contribution in [0.5, 0.6) is 0 Å². The van der Waals surface area contributed by atoms with Crippen LogP contribution >= 0.6 is 27.5 Å². The molecule has 1 heterocycles. The Bertz CT molecular complexity index is 405. The topological polar surface area (TPSA) is 23.6 Å². The number of anilines is 1. The van der Waals surface area contributed by atoms with Crippen LogP contribution in [0, 0.1) is 0 Å². The lowest BCUT2D eigenvalue weighted by molar-refractivity contribution is -0.128. The maximum Gasteiger partial charge on any atom is 0.237 e. The molecular formula is C12H14BrClN2O. The summed E-state index contributed by atoms with van der Waals surface area (Å²) in [5, 5.41) is 0. The molecule has 0 N–H and O–H groups in total. The molecule has 0 atom stereocenters. The first-order chi connectivity index (χ1) is 8.20. The molecule has 0 spiro atoms. The highest BCUT2D eigenvalue weighted by molar-refractivity contribution is 9.10. The first-order valence-corrected chi connectivity index (χ1v) is 6.87. The van der Waals surface area contributed by atoms with Crippen LogP contribution in [-0.2, 0) is 4.79 Å². The number of hydrogen-bond acceptors (Lipinski definition) is 2. The van der Waals surface area contributed by atoms with Crippen LogP contribution < -0.4 is 4.90 Å². The fraction of sp³-hybridized carbons (Fsp3) is 0.417. The van der Waals surface area contributed by atoms with Crippen molar-refractivity contribution in [3.8, 4) is 0 Å². The Balaban J connectivity index is 1.97. The first kappa shape index (κ1) is 12.7. The summed E-state index contributed by atoms with van der Waals surface area (Å²) in [4.78, 5) is 15.5. The van der Waals surface area contributed by atoms with Gasteiger partial charge in [0.05, 0.1) is 0 Å². The lowest BCUT2D eigenvalue weighted by Gasteiger charge is -2.36. The fourth-order valence-electron chi connectivity index (χ4n) is 1.97. The van der Waals surface area contributed by atoms with Gasteiger partial charge in [0, 0.05) is 36.3 Å². The molecule has 0 aliphatic carbocycles. The van der Waals surface area contributed by atoms with E-state index in [1.807, 2.05) is 17.0 Å². The molecule has 2 rings (SSSR count). The van der Waals surface area contributed by atoms with Gasteiger partial charge < -0.3 is 9.80 Å². The molecule has 0 saturated carbocycles. The van der Waals surface area contributed by atoms with Gasteiger partial charge in [0.25, 0.3) is 0 Å². The number of carbonyl (C=O) groups excluding carboxylic acids is 1. The van der Waals surface area contributed by atoms with E-state index in [9.17, 15) is 4.79 Å². The molecule has 1 aromatic carbocycles. The Labute approximate surface area is 114 Å². The van der Waals surface area contributed by atoms with Crippen molar-refractivity contribution in [1.29, 1.82) is 0 Å². The predicted molar refractivity (Wildman–Crippen MR) is 73.7 cm³/mol. The number of piperazine rings is 1. The van der Waals surface area contributed by atoms with Crippen molar-refractivity contribution in [2.75, 3.05) is 37.0 Å². The zero-order chi connectivity index (χ0) is 12.3. The van der Waals surface area contributed by atoms with Gasteiger partial charge in [-0.15, -0.1) is 11.6 Å². The third-order valence-electron chi connectivity index (χ3n) is 2.92. The minimum atomic E-state index is 0.0283. The van der Waals surface area contributed by atoms with Crippen LogP contribution in [0.15, 0.2) is 28.7 Å². The number of hydrogen-bond donors (Lipinski definition) is 0. The minimum absolute atomic E-state index is 0.0283. The van der Waals surface area contributed by atoms with Crippen molar-refractivity contribution >= 4 is 39.1 Å². The second-order valence-corrected chi connectivity index (χ2v) is 5.16. The average Bonchev–Trinajstić information content (AvgIpc) is 2.38. The van der Waals surface area contributed by atoms with Gasteiger partial charge in [0.2, 0.25) is 5.91 Å². The number of carbonyl (C=O) groups is 1. The van der Waals surface area contributed by atoms with E-state index in [1.165, 1.54) is 5.69 Å².